The highest BCUT2D eigenvalue weighted by molar-refractivity contribution is 7.91. The van der Waals surface area contributed by atoms with E-state index in [1.807, 2.05) is 37.3 Å². The molecule has 28 heavy (non-hydrogen) atoms. The van der Waals surface area contributed by atoms with Crippen LogP contribution in [0.25, 0.3) is 0 Å². The number of benzene rings is 1. The van der Waals surface area contributed by atoms with Gasteiger partial charge in [0.05, 0.1) is 17.5 Å². The van der Waals surface area contributed by atoms with E-state index in [2.05, 4.69) is 20.3 Å². The Morgan fingerprint density at radius 1 is 1.18 bits per heavy atom. The molecule has 2 rings (SSSR count). The molecule has 0 bridgehead atoms. The molecule has 4 N–H and O–H groups in total. The van der Waals surface area contributed by atoms with Gasteiger partial charge in [0.15, 0.2) is 5.96 Å². The van der Waals surface area contributed by atoms with E-state index in [0.29, 0.717) is 29.9 Å². The molecule has 2 aromatic rings. The SMILES string of the molecule is CCNC(=NCC(CO)c1ccccc1)NCCNS(=O)(=O)c1ccc(Cl)s1. The molecule has 7 nitrogen and oxygen atoms in total. The van der Waals surface area contributed by atoms with Crippen LogP contribution >= 0.6 is 22.9 Å². The first-order chi connectivity index (χ1) is 13.5. The fourth-order valence-corrected chi connectivity index (χ4v) is 4.98. The number of sulfonamides is 1. The van der Waals surface area contributed by atoms with Crippen molar-refractivity contribution in [2.24, 2.45) is 4.99 Å². The van der Waals surface area contributed by atoms with Crippen molar-refractivity contribution in [1.82, 2.24) is 15.4 Å². The smallest absolute Gasteiger partial charge is 0.250 e. The summed E-state index contributed by atoms with van der Waals surface area (Å²) < 4.78 is 27.5. The summed E-state index contributed by atoms with van der Waals surface area (Å²) in [6.45, 7) is 3.58. The van der Waals surface area contributed by atoms with Gasteiger partial charge < -0.3 is 15.7 Å². The number of hydrogen-bond acceptors (Lipinski definition) is 5. The molecule has 154 valence electrons. The monoisotopic (exact) mass is 444 g/mol. The lowest BCUT2D eigenvalue weighted by Crippen LogP contribution is -2.41. The Bertz CT molecular complexity index is 857. The molecule has 0 saturated carbocycles. The first kappa shape index (κ1) is 22.6. The van der Waals surface area contributed by atoms with Crippen LogP contribution in [0.15, 0.2) is 51.7 Å². The summed E-state index contributed by atoms with van der Waals surface area (Å²) in [4.78, 5) is 4.50. The molecular formula is C18H25ClN4O3S2. The van der Waals surface area contributed by atoms with Gasteiger partial charge in [-0.25, -0.2) is 13.1 Å². The Kier molecular flexibility index (Phi) is 9.20. The summed E-state index contributed by atoms with van der Waals surface area (Å²) in [5, 5.41) is 15.8. The highest BCUT2D eigenvalue weighted by atomic mass is 35.5. The van der Waals surface area contributed by atoms with Crippen molar-refractivity contribution >= 4 is 38.9 Å². The third-order valence-electron chi connectivity index (χ3n) is 3.83. The minimum absolute atomic E-state index is 0.00388. The highest BCUT2D eigenvalue weighted by Gasteiger charge is 2.16. The summed E-state index contributed by atoms with van der Waals surface area (Å²) in [7, 11) is -3.56. The average Bonchev–Trinajstić information content (AvgIpc) is 3.14. The third kappa shape index (κ3) is 7.06. The summed E-state index contributed by atoms with van der Waals surface area (Å²) in [5.74, 6) is 0.467. The lowest BCUT2D eigenvalue weighted by Gasteiger charge is -2.15. The zero-order valence-electron chi connectivity index (χ0n) is 15.6. The highest BCUT2D eigenvalue weighted by Crippen LogP contribution is 2.25. The number of aliphatic imine (C=N–C) groups is 1. The Balaban J connectivity index is 1.87. The van der Waals surface area contributed by atoms with Gasteiger partial charge in [-0.15, -0.1) is 11.3 Å². The van der Waals surface area contributed by atoms with Gasteiger partial charge in [0, 0.05) is 25.6 Å². The molecule has 1 atom stereocenters. The van der Waals surface area contributed by atoms with Crippen LogP contribution in [0.1, 0.15) is 18.4 Å². The van der Waals surface area contributed by atoms with Crippen LogP contribution in [-0.2, 0) is 10.0 Å². The summed E-state index contributed by atoms with van der Waals surface area (Å²) >= 11 is 6.81. The summed E-state index contributed by atoms with van der Waals surface area (Å²) in [6, 6.07) is 12.7. The van der Waals surface area contributed by atoms with E-state index in [0.717, 1.165) is 16.9 Å². The molecule has 0 saturated heterocycles. The maximum atomic E-state index is 12.2. The zero-order valence-corrected chi connectivity index (χ0v) is 17.9. The fourth-order valence-electron chi connectivity index (χ4n) is 2.42. The Labute approximate surface area is 174 Å². The average molecular weight is 445 g/mol. The minimum Gasteiger partial charge on any atom is -0.396 e. The quantitative estimate of drug-likeness (QED) is 0.255. The number of rotatable bonds is 10. The van der Waals surface area contributed by atoms with Gasteiger partial charge in [-0.2, -0.15) is 0 Å². The van der Waals surface area contributed by atoms with Gasteiger partial charge in [-0.3, -0.25) is 4.99 Å². The molecule has 1 heterocycles. The Morgan fingerprint density at radius 2 is 1.93 bits per heavy atom. The molecule has 0 fully saturated rings. The number of aliphatic hydroxyl groups excluding tert-OH is 1. The predicted molar refractivity (Wildman–Crippen MR) is 115 cm³/mol. The van der Waals surface area contributed by atoms with E-state index in [4.69, 9.17) is 11.6 Å². The number of hydrogen-bond donors (Lipinski definition) is 4. The lowest BCUT2D eigenvalue weighted by atomic mass is 10.0. The van der Waals surface area contributed by atoms with Crippen LogP contribution in [0, 0.1) is 0 Å². The molecule has 0 aliphatic carbocycles. The van der Waals surface area contributed by atoms with E-state index < -0.39 is 10.0 Å². The normalized spacial score (nSPS) is 13.3. The van der Waals surface area contributed by atoms with E-state index in [9.17, 15) is 13.5 Å². The number of guanidine groups is 1. The molecule has 1 aromatic carbocycles. The standard InChI is InChI=1S/C18H25ClN4O3S2/c1-2-20-18(22-12-15(13-24)14-6-4-3-5-7-14)21-10-11-23-28(25,26)17-9-8-16(19)27-17/h3-9,15,23-24H,2,10-13H2,1H3,(H2,20,21,22). The molecule has 0 aliphatic heterocycles. The lowest BCUT2D eigenvalue weighted by molar-refractivity contribution is 0.268. The van der Waals surface area contributed by atoms with Crippen LogP contribution in [-0.4, -0.2) is 52.3 Å². The van der Waals surface area contributed by atoms with Gasteiger partial charge in [-0.1, -0.05) is 41.9 Å². The first-order valence-electron chi connectivity index (χ1n) is 8.89. The number of halogens is 1. The van der Waals surface area contributed by atoms with Gasteiger partial charge in [-0.05, 0) is 24.6 Å². The number of thiophene rings is 1. The second-order valence-corrected chi connectivity index (χ2v) is 9.60. The van der Waals surface area contributed by atoms with Gasteiger partial charge in [0.25, 0.3) is 0 Å². The minimum atomic E-state index is -3.56. The molecule has 10 heteroatoms. The predicted octanol–water partition coefficient (Wildman–Crippen LogP) is 2.01. The van der Waals surface area contributed by atoms with E-state index >= 15 is 0 Å². The van der Waals surface area contributed by atoms with Crippen molar-refractivity contribution in [3.63, 3.8) is 0 Å². The van der Waals surface area contributed by atoms with Gasteiger partial charge in [0.2, 0.25) is 10.0 Å². The zero-order chi connectivity index (χ0) is 20.4. The summed E-state index contributed by atoms with van der Waals surface area (Å²) in [6.07, 6.45) is 0. The summed E-state index contributed by atoms with van der Waals surface area (Å²) in [5.41, 5.74) is 1.02. The number of aliphatic hydroxyl groups is 1. The van der Waals surface area contributed by atoms with E-state index in [1.165, 1.54) is 6.07 Å². The Morgan fingerprint density at radius 3 is 2.54 bits per heavy atom. The van der Waals surface area contributed by atoms with Crippen LogP contribution in [0.4, 0.5) is 0 Å². The van der Waals surface area contributed by atoms with Crippen molar-refractivity contribution in [2.45, 2.75) is 17.1 Å². The second-order valence-electron chi connectivity index (χ2n) is 5.89. The van der Waals surface area contributed by atoms with Crippen molar-refractivity contribution < 1.29 is 13.5 Å². The molecule has 0 spiro atoms. The van der Waals surface area contributed by atoms with Crippen LogP contribution < -0.4 is 15.4 Å². The molecule has 0 amide bonds. The topological polar surface area (TPSA) is 103 Å². The largest absolute Gasteiger partial charge is 0.396 e. The van der Waals surface area contributed by atoms with Crippen molar-refractivity contribution in [2.75, 3.05) is 32.8 Å². The van der Waals surface area contributed by atoms with Crippen LogP contribution in [0.2, 0.25) is 4.34 Å². The van der Waals surface area contributed by atoms with E-state index in [-0.39, 0.29) is 23.3 Å². The van der Waals surface area contributed by atoms with Gasteiger partial charge >= 0.3 is 0 Å². The Hall–Kier alpha value is -1.65. The maximum absolute atomic E-state index is 12.2. The first-order valence-corrected chi connectivity index (χ1v) is 11.6. The van der Waals surface area contributed by atoms with Gasteiger partial charge in [0.1, 0.15) is 4.21 Å². The molecule has 0 aliphatic rings. The second kappa shape index (κ2) is 11.4. The van der Waals surface area contributed by atoms with Crippen molar-refractivity contribution in [1.29, 1.82) is 0 Å². The molecular weight excluding hydrogens is 420 g/mol. The van der Waals surface area contributed by atoms with Crippen molar-refractivity contribution in [3.05, 3.63) is 52.4 Å². The molecule has 0 radical (unpaired) electrons. The maximum Gasteiger partial charge on any atom is 0.250 e. The number of nitrogens with one attached hydrogen (secondary N) is 3. The molecule has 1 aromatic heterocycles. The number of nitrogens with zero attached hydrogens (tertiary/aromatic N) is 1. The van der Waals surface area contributed by atoms with E-state index in [1.54, 1.807) is 6.07 Å². The molecule has 1 unspecified atom stereocenters. The third-order valence-corrected chi connectivity index (χ3v) is 7.01. The van der Waals surface area contributed by atoms with Crippen molar-refractivity contribution in [3.8, 4) is 0 Å². The fraction of sp³-hybridized carbons (Fsp3) is 0.389. The van der Waals surface area contributed by atoms with Crippen LogP contribution in [0.5, 0.6) is 0 Å². The van der Waals surface area contributed by atoms with Crippen LogP contribution in [0.3, 0.4) is 0 Å².